The molecule has 0 radical (unpaired) electrons. The van der Waals surface area contributed by atoms with E-state index in [4.69, 9.17) is 9.72 Å². The van der Waals surface area contributed by atoms with E-state index in [1.54, 1.807) is 0 Å². The largest absolute Gasteiger partial charge is 0.509 e. The van der Waals surface area contributed by atoms with Crippen LogP contribution in [-0.4, -0.2) is 14.1 Å². The molecule has 11 aromatic rings. The summed E-state index contributed by atoms with van der Waals surface area (Å²) in [4.78, 5) is 9.58. The Hall–Kier alpha value is -7.40. The Kier molecular flexibility index (Phi) is 10.9. The fourth-order valence-corrected chi connectivity index (χ4v) is 9.94. The summed E-state index contributed by atoms with van der Waals surface area (Å²) in [6.07, 6.45) is 1.92. The quantitative estimate of drug-likeness (QED) is 0.142. The summed E-state index contributed by atoms with van der Waals surface area (Å²) >= 11 is 0. The van der Waals surface area contributed by atoms with Crippen LogP contribution in [-0.2, 0) is 31.9 Å². The van der Waals surface area contributed by atoms with E-state index in [0.717, 1.165) is 84.0 Å². The first-order valence-corrected chi connectivity index (χ1v) is 23.4. The number of hydrogen-bond acceptors (Lipinski definition) is 4. The van der Waals surface area contributed by atoms with Gasteiger partial charge in [-0.3, -0.25) is 0 Å². The SMILES string of the molecule is CC(C)(C)c1ccnc(-n2c3[c-]c(Oc4[c-]c(N5[CH-]N(c6c(-c7ccccc7)cccc6-c6ccccc6)c6ccc(C(C)(C)C)cc65)ccc4)cc4c3c3c2cccc3n4-c2ccccc2)c1.[Pt]. The van der Waals surface area contributed by atoms with Crippen molar-refractivity contribution in [2.24, 2.45) is 0 Å². The predicted molar refractivity (Wildman–Crippen MR) is 281 cm³/mol. The zero-order chi connectivity index (χ0) is 46.3. The van der Waals surface area contributed by atoms with E-state index in [0.29, 0.717) is 11.5 Å². The molecular formula is C62H50N5OPt-3. The van der Waals surface area contributed by atoms with E-state index >= 15 is 0 Å². The third-order valence-corrected chi connectivity index (χ3v) is 13.3. The molecular weight excluding hydrogens is 1030 g/mol. The maximum atomic E-state index is 6.97. The zero-order valence-electron chi connectivity index (χ0n) is 39.4. The molecule has 0 bridgehead atoms. The standard InChI is InChI=1S/C62H50N5O.Pt/c1-61(2,3)43-31-32-51-54(35-43)64(40-65(51)60-49(41-19-10-7-11-20-41)27-17-28-50(60)42-21-12-8-13-22-42)46-25-16-26-47(37-46)68-48-38-55-59-56(39-48)67(57-36-44(33-34-63-57)62(4,5)6)53-30-18-29-52(58(53)59)66(55)45-23-14-9-15-24-45;/h7-36,38,40H,1-6H3;/q-3;. The van der Waals surface area contributed by atoms with E-state index in [2.05, 4.69) is 255 Å². The number of rotatable bonds is 8. The second kappa shape index (κ2) is 17.0. The molecule has 0 amide bonds. The van der Waals surface area contributed by atoms with E-state index in [1.807, 2.05) is 12.3 Å². The third kappa shape index (κ3) is 7.59. The molecule has 7 heteroatoms. The molecule has 0 spiro atoms. The summed E-state index contributed by atoms with van der Waals surface area (Å²) in [5.41, 5.74) is 16.2. The summed E-state index contributed by atoms with van der Waals surface area (Å²) in [7, 11) is 0. The smallest absolute Gasteiger partial charge is 0.135 e. The maximum Gasteiger partial charge on any atom is 0.135 e. The van der Waals surface area contributed by atoms with Gasteiger partial charge >= 0.3 is 0 Å². The average molecular weight is 1080 g/mol. The van der Waals surface area contributed by atoms with Crippen molar-refractivity contribution < 1.29 is 25.8 Å². The van der Waals surface area contributed by atoms with Crippen molar-refractivity contribution in [3.63, 3.8) is 0 Å². The Bertz CT molecular complexity index is 3600. The molecule has 0 N–H and O–H groups in total. The third-order valence-electron chi connectivity index (χ3n) is 13.3. The monoisotopic (exact) mass is 1080 g/mol. The van der Waals surface area contributed by atoms with Crippen LogP contribution in [0, 0.1) is 18.8 Å². The van der Waals surface area contributed by atoms with Crippen molar-refractivity contribution in [1.82, 2.24) is 14.1 Å². The Labute approximate surface area is 418 Å². The van der Waals surface area contributed by atoms with Crippen molar-refractivity contribution in [3.8, 4) is 45.3 Å². The molecule has 12 rings (SSSR count). The van der Waals surface area contributed by atoms with Gasteiger partial charge in [-0.1, -0.05) is 162 Å². The van der Waals surface area contributed by atoms with Crippen molar-refractivity contribution in [2.45, 2.75) is 52.4 Å². The summed E-state index contributed by atoms with van der Waals surface area (Å²) in [5.74, 6) is 2.02. The normalized spacial score (nSPS) is 12.8. The maximum absolute atomic E-state index is 6.97. The number of nitrogens with zero attached hydrogens (tertiary/aromatic N) is 5. The van der Waals surface area contributed by atoms with Crippen LogP contribution in [0.4, 0.5) is 22.7 Å². The summed E-state index contributed by atoms with van der Waals surface area (Å²) < 4.78 is 11.6. The van der Waals surface area contributed by atoms with Crippen LogP contribution >= 0.6 is 0 Å². The Balaban J connectivity index is 0.00000520. The van der Waals surface area contributed by atoms with E-state index in [-0.39, 0.29) is 31.9 Å². The van der Waals surface area contributed by atoms with Crippen molar-refractivity contribution in [3.05, 3.63) is 218 Å². The molecule has 3 aromatic heterocycles. The van der Waals surface area contributed by atoms with Crippen molar-refractivity contribution >= 4 is 55.6 Å². The number of aromatic nitrogens is 3. The molecule has 0 unspecified atom stereocenters. The molecule has 8 aromatic carbocycles. The zero-order valence-corrected chi connectivity index (χ0v) is 41.7. The molecule has 1 aliphatic rings. The van der Waals surface area contributed by atoms with Crippen LogP contribution in [0.25, 0.3) is 66.6 Å². The summed E-state index contributed by atoms with van der Waals surface area (Å²) in [6, 6.07) is 72.0. The number of ether oxygens (including phenoxy) is 1. The molecule has 4 heterocycles. The number of benzene rings is 8. The molecule has 0 saturated heterocycles. The molecule has 6 nitrogen and oxygen atoms in total. The fourth-order valence-electron chi connectivity index (χ4n) is 9.94. The molecule has 1 aliphatic heterocycles. The molecule has 0 aliphatic carbocycles. The second-order valence-electron chi connectivity index (χ2n) is 19.8. The number of fused-ring (bicyclic) bond motifs is 1. The van der Waals surface area contributed by atoms with Crippen LogP contribution in [0.15, 0.2) is 188 Å². The van der Waals surface area contributed by atoms with Gasteiger partial charge in [0.1, 0.15) is 5.82 Å². The van der Waals surface area contributed by atoms with Gasteiger partial charge in [-0.25, -0.2) is 4.98 Å². The van der Waals surface area contributed by atoms with Gasteiger partial charge < -0.3 is 23.7 Å². The molecule has 342 valence electrons. The second-order valence-corrected chi connectivity index (χ2v) is 19.8. The first-order valence-electron chi connectivity index (χ1n) is 23.4. The molecule has 69 heavy (non-hydrogen) atoms. The predicted octanol–water partition coefficient (Wildman–Crippen LogP) is 16.3. The minimum absolute atomic E-state index is 0. The van der Waals surface area contributed by atoms with E-state index in [1.165, 1.54) is 16.5 Å². The van der Waals surface area contributed by atoms with Gasteiger partial charge in [0.05, 0.1) is 0 Å². The van der Waals surface area contributed by atoms with Gasteiger partial charge in [0.25, 0.3) is 0 Å². The van der Waals surface area contributed by atoms with E-state index < -0.39 is 0 Å². The van der Waals surface area contributed by atoms with Crippen molar-refractivity contribution in [2.75, 3.05) is 9.80 Å². The Morgan fingerprint density at radius 3 is 1.77 bits per heavy atom. The number of anilines is 4. The Morgan fingerprint density at radius 2 is 1.10 bits per heavy atom. The van der Waals surface area contributed by atoms with E-state index in [9.17, 15) is 0 Å². The first kappa shape index (κ1) is 44.1. The van der Waals surface area contributed by atoms with Gasteiger partial charge in [-0.05, 0) is 92.5 Å². The Morgan fingerprint density at radius 1 is 0.493 bits per heavy atom. The minimum atomic E-state index is -0.0737. The molecule has 0 saturated carbocycles. The van der Waals surface area contributed by atoms with Crippen LogP contribution < -0.4 is 14.5 Å². The van der Waals surface area contributed by atoms with Crippen LogP contribution in [0.5, 0.6) is 11.5 Å². The van der Waals surface area contributed by atoms with Crippen LogP contribution in [0.2, 0.25) is 0 Å². The number of pyridine rings is 1. The topological polar surface area (TPSA) is 38.5 Å². The van der Waals surface area contributed by atoms with Crippen molar-refractivity contribution in [1.29, 1.82) is 0 Å². The van der Waals surface area contributed by atoms with Crippen LogP contribution in [0.3, 0.4) is 0 Å². The average Bonchev–Trinajstić information content (AvgIpc) is 4.02. The van der Waals surface area contributed by atoms with Gasteiger partial charge in [0.15, 0.2) is 0 Å². The fraction of sp³-hybridized carbons (Fsp3) is 0.129. The summed E-state index contributed by atoms with van der Waals surface area (Å²) in [6.45, 7) is 15.7. The molecule has 0 fully saturated rings. The van der Waals surface area contributed by atoms with Gasteiger partial charge in [0, 0.05) is 83.7 Å². The van der Waals surface area contributed by atoms with Gasteiger partial charge in [-0.15, -0.1) is 42.7 Å². The van der Waals surface area contributed by atoms with Crippen LogP contribution in [0.1, 0.15) is 52.7 Å². The summed E-state index contributed by atoms with van der Waals surface area (Å²) in [5, 5.41) is 2.29. The van der Waals surface area contributed by atoms with Gasteiger partial charge in [0.2, 0.25) is 0 Å². The molecule has 0 atom stereocenters. The first-order chi connectivity index (χ1) is 33.0. The number of hydrogen-bond donors (Lipinski definition) is 0. The minimum Gasteiger partial charge on any atom is -0.509 e. The number of para-hydroxylation sites is 2. The van der Waals surface area contributed by atoms with Gasteiger partial charge in [-0.2, -0.15) is 6.07 Å².